The molecular formula is C31H32F3N3O2. The molecule has 4 aromatic rings. The number of nitrogens with zero attached hydrogens (tertiary/aromatic N) is 3. The molecule has 1 unspecified atom stereocenters. The van der Waals surface area contributed by atoms with E-state index >= 15 is 0 Å². The van der Waals surface area contributed by atoms with E-state index in [1.165, 1.54) is 12.1 Å². The second-order valence-corrected chi connectivity index (χ2v) is 10.5. The number of aromatic nitrogens is 2. The van der Waals surface area contributed by atoms with E-state index in [9.17, 15) is 18.0 Å². The number of rotatable bonds is 6. The van der Waals surface area contributed by atoms with E-state index in [1.54, 1.807) is 29.9 Å². The molecule has 3 aromatic carbocycles. The lowest BCUT2D eigenvalue weighted by Crippen LogP contribution is -2.42. The van der Waals surface area contributed by atoms with E-state index in [0.717, 1.165) is 43.6 Å². The molecule has 204 valence electrons. The van der Waals surface area contributed by atoms with Crippen LogP contribution in [0.1, 0.15) is 32.3 Å². The van der Waals surface area contributed by atoms with Crippen molar-refractivity contribution in [2.75, 3.05) is 20.2 Å². The predicted octanol–water partition coefficient (Wildman–Crippen LogP) is 6.88. The number of para-hydroxylation sites is 1. The van der Waals surface area contributed by atoms with Gasteiger partial charge in [0.1, 0.15) is 11.6 Å². The largest absolute Gasteiger partial charge is 0.496 e. The standard InChI is InChI=1S/C31H32F3N3O2/c1-20(2)36-16-6-7-21(18-36)19-37-29(25-8-4-5-9-28(25)39-3)35-27-15-12-23(17-26(27)30(37)38)22-10-13-24(14-11-22)31(32,33)34/h4-5,8-15,17,20-21H,6-7,16,18-19H2,1-3H3. The van der Waals surface area contributed by atoms with Crippen LogP contribution in [0.15, 0.2) is 71.5 Å². The van der Waals surface area contributed by atoms with Gasteiger partial charge in [0.05, 0.1) is 29.1 Å². The maximum Gasteiger partial charge on any atom is 0.416 e. The van der Waals surface area contributed by atoms with Crippen LogP contribution in [0.4, 0.5) is 13.2 Å². The zero-order chi connectivity index (χ0) is 27.7. The van der Waals surface area contributed by atoms with E-state index in [-0.39, 0.29) is 11.5 Å². The monoisotopic (exact) mass is 535 g/mol. The molecule has 1 fully saturated rings. The maximum atomic E-state index is 14.1. The molecule has 5 nitrogen and oxygen atoms in total. The average molecular weight is 536 g/mol. The van der Waals surface area contributed by atoms with Gasteiger partial charge in [-0.15, -0.1) is 0 Å². The Kier molecular flexibility index (Phi) is 7.49. The molecule has 0 radical (unpaired) electrons. The highest BCUT2D eigenvalue weighted by Gasteiger charge is 2.30. The molecule has 1 atom stereocenters. The minimum atomic E-state index is -4.40. The fourth-order valence-corrected chi connectivity index (χ4v) is 5.43. The summed E-state index contributed by atoms with van der Waals surface area (Å²) in [5.41, 5.74) is 1.65. The lowest BCUT2D eigenvalue weighted by molar-refractivity contribution is -0.137. The van der Waals surface area contributed by atoms with Crippen LogP contribution in [0, 0.1) is 5.92 Å². The van der Waals surface area contributed by atoms with Crippen molar-refractivity contribution in [3.8, 4) is 28.3 Å². The Hall–Kier alpha value is -3.65. The molecule has 1 aromatic heterocycles. The van der Waals surface area contributed by atoms with Crippen molar-refractivity contribution in [1.29, 1.82) is 0 Å². The van der Waals surface area contributed by atoms with Gasteiger partial charge in [0.2, 0.25) is 0 Å². The first-order chi connectivity index (χ1) is 18.7. The SMILES string of the molecule is COc1ccccc1-c1nc2ccc(-c3ccc(C(F)(F)F)cc3)cc2c(=O)n1CC1CCCN(C(C)C)C1. The number of likely N-dealkylation sites (tertiary alicyclic amines) is 1. The van der Waals surface area contributed by atoms with E-state index in [1.807, 2.05) is 24.3 Å². The molecule has 0 amide bonds. The maximum absolute atomic E-state index is 14.1. The van der Waals surface area contributed by atoms with Crippen LogP contribution in [0.2, 0.25) is 0 Å². The molecule has 5 rings (SSSR count). The first kappa shape index (κ1) is 26.9. The molecular weight excluding hydrogens is 503 g/mol. The zero-order valence-electron chi connectivity index (χ0n) is 22.3. The van der Waals surface area contributed by atoms with Crippen LogP contribution in [-0.4, -0.2) is 40.7 Å². The van der Waals surface area contributed by atoms with Crippen molar-refractivity contribution in [3.05, 3.63) is 82.6 Å². The van der Waals surface area contributed by atoms with Crippen LogP contribution in [-0.2, 0) is 12.7 Å². The third-order valence-corrected chi connectivity index (χ3v) is 7.57. The number of benzene rings is 3. The average Bonchev–Trinajstić information content (AvgIpc) is 2.94. The fraction of sp³-hybridized carbons (Fsp3) is 0.355. The molecule has 1 aliphatic rings. The second kappa shape index (κ2) is 10.8. The number of halogens is 3. The Labute approximate surface area is 225 Å². The normalized spacial score (nSPS) is 16.6. The summed E-state index contributed by atoms with van der Waals surface area (Å²) >= 11 is 0. The first-order valence-corrected chi connectivity index (χ1v) is 13.3. The first-order valence-electron chi connectivity index (χ1n) is 13.3. The van der Waals surface area contributed by atoms with Crippen molar-refractivity contribution in [2.45, 2.75) is 45.5 Å². The van der Waals surface area contributed by atoms with Gasteiger partial charge in [-0.2, -0.15) is 13.2 Å². The molecule has 0 bridgehead atoms. The summed E-state index contributed by atoms with van der Waals surface area (Å²) in [5.74, 6) is 1.46. The number of piperidine rings is 1. The summed E-state index contributed by atoms with van der Waals surface area (Å²) in [4.78, 5) is 21.5. The quantitative estimate of drug-likeness (QED) is 0.270. The highest BCUT2D eigenvalue weighted by molar-refractivity contribution is 5.85. The highest BCUT2D eigenvalue weighted by atomic mass is 19.4. The molecule has 0 aliphatic carbocycles. The lowest BCUT2D eigenvalue weighted by Gasteiger charge is -2.36. The predicted molar refractivity (Wildman–Crippen MR) is 148 cm³/mol. The zero-order valence-corrected chi connectivity index (χ0v) is 22.3. The Morgan fingerprint density at radius 2 is 1.74 bits per heavy atom. The molecule has 8 heteroatoms. The summed E-state index contributed by atoms with van der Waals surface area (Å²) in [6.45, 7) is 6.85. The molecule has 2 heterocycles. The number of methoxy groups -OCH3 is 1. The van der Waals surface area contributed by atoms with E-state index in [4.69, 9.17) is 9.72 Å². The third kappa shape index (κ3) is 5.57. The molecule has 0 N–H and O–H groups in total. The fourth-order valence-electron chi connectivity index (χ4n) is 5.43. The van der Waals surface area contributed by atoms with Crippen LogP contribution in [0.5, 0.6) is 5.75 Å². The third-order valence-electron chi connectivity index (χ3n) is 7.57. The Balaban J connectivity index is 1.62. The molecule has 0 spiro atoms. The Morgan fingerprint density at radius 1 is 1.03 bits per heavy atom. The van der Waals surface area contributed by atoms with Crippen LogP contribution in [0.25, 0.3) is 33.4 Å². The van der Waals surface area contributed by atoms with Crippen molar-refractivity contribution >= 4 is 10.9 Å². The van der Waals surface area contributed by atoms with E-state index in [2.05, 4.69) is 18.7 Å². The topological polar surface area (TPSA) is 47.4 Å². The lowest BCUT2D eigenvalue weighted by atomic mass is 9.96. The summed E-state index contributed by atoms with van der Waals surface area (Å²) in [6.07, 6.45) is -2.32. The van der Waals surface area contributed by atoms with Gasteiger partial charge in [-0.05, 0) is 86.7 Å². The number of ether oxygens (including phenoxy) is 1. The highest BCUT2D eigenvalue weighted by Crippen LogP contribution is 2.33. The number of alkyl halides is 3. The van der Waals surface area contributed by atoms with Gasteiger partial charge in [-0.1, -0.05) is 30.3 Å². The summed E-state index contributed by atoms with van der Waals surface area (Å²) in [5, 5.41) is 0.433. The van der Waals surface area contributed by atoms with Gasteiger partial charge in [0.15, 0.2) is 0 Å². The number of fused-ring (bicyclic) bond motifs is 1. The summed E-state index contributed by atoms with van der Waals surface area (Å²) < 4.78 is 46.5. The van der Waals surface area contributed by atoms with Crippen LogP contribution in [0.3, 0.4) is 0 Å². The Bertz CT molecular complexity index is 1530. The van der Waals surface area contributed by atoms with Crippen molar-refractivity contribution in [1.82, 2.24) is 14.5 Å². The minimum Gasteiger partial charge on any atom is -0.496 e. The van der Waals surface area contributed by atoms with Crippen molar-refractivity contribution in [3.63, 3.8) is 0 Å². The summed E-state index contributed by atoms with van der Waals surface area (Å²) in [6, 6.07) is 18.2. The van der Waals surface area contributed by atoms with E-state index in [0.29, 0.717) is 46.2 Å². The van der Waals surface area contributed by atoms with Gasteiger partial charge in [-0.3, -0.25) is 9.36 Å². The van der Waals surface area contributed by atoms with Gasteiger partial charge in [0, 0.05) is 19.1 Å². The summed E-state index contributed by atoms with van der Waals surface area (Å²) in [7, 11) is 1.60. The van der Waals surface area contributed by atoms with Crippen LogP contribution < -0.4 is 10.3 Å². The van der Waals surface area contributed by atoms with Crippen molar-refractivity contribution < 1.29 is 17.9 Å². The molecule has 1 aliphatic heterocycles. The number of hydrogen-bond donors (Lipinski definition) is 0. The van der Waals surface area contributed by atoms with Crippen molar-refractivity contribution in [2.24, 2.45) is 5.92 Å². The molecule has 39 heavy (non-hydrogen) atoms. The number of hydrogen-bond acceptors (Lipinski definition) is 4. The molecule has 0 saturated carbocycles. The van der Waals surface area contributed by atoms with Crippen LogP contribution >= 0.6 is 0 Å². The van der Waals surface area contributed by atoms with Gasteiger partial charge >= 0.3 is 6.18 Å². The van der Waals surface area contributed by atoms with Gasteiger partial charge in [-0.25, -0.2) is 4.98 Å². The van der Waals surface area contributed by atoms with Gasteiger partial charge in [0.25, 0.3) is 5.56 Å². The Morgan fingerprint density at radius 3 is 2.44 bits per heavy atom. The minimum absolute atomic E-state index is 0.170. The smallest absolute Gasteiger partial charge is 0.416 e. The molecule has 1 saturated heterocycles. The van der Waals surface area contributed by atoms with Gasteiger partial charge < -0.3 is 9.64 Å². The van der Waals surface area contributed by atoms with E-state index < -0.39 is 11.7 Å². The second-order valence-electron chi connectivity index (χ2n) is 10.5.